The van der Waals surface area contributed by atoms with Crippen LogP contribution >= 0.6 is 0 Å². The molecule has 1 aromatic heterocycles. The first-order valence-corrected chi connectivity index (χ1v) is 17.6. The predicted octanol–water partition coefficient (Wildman–Crippen LogP) is 13.3. The van der Waals surface area contributed by atoms with Gasteiger partial charge in [-0.15, -0.1) is 0 Å². The zero-order valence-electron chi connectivity index (χ0n) is 28.8. The van der Waals surface area contributed by atoms with Crippen LogP contribution in [0.3, 0.4) is 0 Å². The lowest BCUT2D eigenvalue weighted by Crippen LogP contribution is -2.21. The first-order chi connectivity index (χ1) is 24.4. The molecular formula is C48H37NO. The molecule has 0 saturated heterocycles. The summed E-state index contributed by atoms with van der Waals surface area (Å²) in [5.41, 5.74) is 17.8. The van der Waals surface area contributed by atoms with E-state index in [2.05, 4.69) is 184 Å². The SMILES string of the molecule is CC1(C)c2ccccc2-c2c(N(c3cccc4c3C(C)(C)c3ccccc3-4)c3ccc(-c4ccccc4)c4oc5ccccc5c34)cccc21. The molecule has 0 N–H and O–H groups in total. The van der Waals surface area contributed by atoms with Gasteiger partial charge in [0, 0.05) is 27.3 Å². The number of anilines is 3. The summed E-state index contributed by atoms with van der Waals surface area (Å²) in [6.45, 7) is 9.49. The van der Waals surface area contributed by atoms with Crippen LogP contribution in [-0.4, -0.2) is 0 Å². The Balaban J connectivity index is 1.36. The molecule has 0 unspecified atom stereocenters. The van der Waals surface area contributed by atoms with E-state index in [-0.39, 0.29) is 10.8 Å². The van der Waals surface area contributed by atoms with Crippen molar-refractivity contribution in [1.29, 1.82) is 0 Å². The van der Waals surface area contributed by atoms with Gasteiger partial charge in [-0.05, 0) is 74.8 Å². The molecule has 2 aliphatic carbocycles. The maximum absolute atomic E-state index is 6.84. The van der Waals surface area contributed by atoms with Gasteiger partial charge in [0.05, 0.1) is 22.4 Å². The monoisotopic (exact) mass is 643 g/mol. The molecule has 8 aromatic rings. The highest BCUT2D eigenvalue weighted by Gasteiger charge is 2.42. The van der Waals surface area contributed by atoms with Crippen LogP contribution in [0.2, 0.25) is 0 Å². The molecule has 7 aromatic carbocycles. The van der Waals surface area contributed by atoms with Gasteiger partial charge in [0.1, 0.15) is 11.2 Å². The second kappa shape index (κ2) is 10.3. The fourth-order valence-electron chi connectivity index (χ4n) is 9.16. The van der Waals surface area contributed by atoms with Crippen LogP contribution in [0.5, 0.6) is 0 Å². The third-order valence-electron chi connectivity index (χ3n) is 11.5. The molecule has 240 valence electrons. The number of furan rings is 1. The molecule has 2 nitrogen and oxygen atoms in total. The van der Waals surface area contributed by atoms with E-state index < -0.39 is 0 Å². The van der Waals surface area contributed by atoms with E-state index in [1.807, 2.05) is 0 Å². The van der Waals surface area contributed by atoms with Gasteiger partial charge >= 0.3 is 0 Å². The van der Waals surface area contributed by atoms with Gasteiger partial charge in [-0.1, -0.05) is 149 Å². The Morgan fingerprint density at radius 2 is 1.06 bits per heavy atom. The maximum atomic E-state index is 6.84. The quantitative estimate of drug-likeness (QED) is 0.190. The number of hydrogen-bond acceptors (Lipinski definition) is 2. The summed E-state index contributed by atoms with van der Waals surface area (Å²) in [6.07, 6.45) is 0. The number of benzene rings is 7. The van der Waals surface area contributed by atoms with Crippen LogP contribution in [0.1, 0.15) is 49.9 Å². The third-order valence-corrected chi connectivity index (χ3v) is 11.5. The number of rotatable bonds is 4. The summed E-state index contributed by atoms with van der Waals surface area (Å²) in [5, 5.41) is 2.24. The van der Waals surface area contributed by atoms with Gasteiger partial charge < -0.3 is 9.32 Å². The highest BCUT2D eigenvalue weighted by atomic mass is 16.3. The molecule has 50 heavy (non-hydrogen) atoms. The Labute approximate surface area is 293 Å². The van der Waals surface area contributed by atoms with Gasteiger partial charge in [-0.2, -0.15) is 0 Å². The highest BCUT2D eigenvalue weighted by molar-refractivity contribution is 6.18. The number of fused-ring (bicyclic) bond motifs is 9. The van der Waals surface area contributed by atoms with Crippen molar-refractivity contribution in [3.8, 4) is 33.4 Å². The summed E-state index contributed by atoms with van der Waals surface area (Å²) in [7, 11) is 0. The van der Waals surface area contributed by atoms with Crippen molar-refractivity contribution >= 4 is 39.0 Å². The standard InChI is InChI=1S/C48H37NO/c1-47(2)37-23-12-9-19-34(37)43-38(47)24-15-25-39(43)49(41-26-14-21-33-32-18-8-11-22-36(32)48(3,4)45(33)41)40-29-28-31(30-16-6-5-7-17-30)46-44(40)35-20-10-13-27-42(35)50-46/h5-29H,1-4H3. The molecule has 0 atom stereocenters. The minimum absolute atomic E-state index is 0.128. The Hall–Kier alpha value is -5.86. The van der Waals surface area contributed by atoms with Crippen LogP contribution in [0, 0.1) is 0 Å². The second-order valence-corrected chi connectivity index (χ2v) is 14.9. The van der Waals surface area contributed by atoms with Crippen LogP contribution in [0.4, 0.5) is 17.1 Å². The smallest absolute Gasteiger partial charge is 0.145 e. The first kappa shape index (κ1) is 29.1. The molecule has 0 amide bonds. The fourth-order valence-corrected chi connectivity index (χ4v) is 9.16. The molecule has 2 heteroatoms. The Bertz CT molecular complexity index is 2660. The normalized spacial score (nSPS) is 14.7. The van der Waals surface area contributed by atoms with E-state index in [0.717, 1.165) is 38.8 Å². The van der Waals surface area contributed by atoms with Gasteiger partial charge in [-0.25, -0.2) is 0 Å². The van der Waals surface area contributed by atoms with Crippen LogP contribution in [0.15, 0.2) is 156 Å². The molecule has 10 rings (SSSR count). The lowest BCUT2D eigenvalue weighted by atomic mass is 9.81. The van der Waals surface area contributed by atoms with E-state index in [0.29, 0.717) is 0 Å². The van der Waals surface area contributed by atoms with Crippen LogP contribution in [-0.2, 0) is 10.8 Å². The van der Waals surface area contributed by atoms with Crippen molar-refractivity contribution in [2.24, 2.45) is 0 Å². The van der Waals surface area contributed by atoms with Crippen molar-refractivity contribution in [1.82, 2.24) is 0 Å². The summed E-state index contributed by atoms with van der Waals surface area (Å²) in [4.78, 5) is 2.56. The number of hydrogen-bond donors (Lipinski definition) is 0. The Morgan fingerprint density at radius 1 is 0.440 bits per heavy atom. The van der Waals surface area contributed by atoms with Crippen molar-refractivity contribution < 1.29 is 4.42 Å². The maximum Gasteiger partial charge on any atom is 0.145 e. The summed E-state index contributed by atoms with van der Waals surface area (Å²) < 4.78 is 6.84. The van der Waals surface area contributed by atoms with E-state index in [9.17, 15) is 0 Å². The number of para-hydroxylation sites is 1. The van der Waals surface area contributed by atoms with E-state index in [4.69, 9.17) is 4.42 Å². The summed E-state index contributed by atoms with van der Waals surface area (Å²) in [5.74, 6) is 0. The molecule has 0 bridgehead atoms. The molecule has 0 radical (unpaired) electrons. The van der Waals surface area contributed by atoms with Crippen molar-refractivity contribution in [3.63, 3.8) is 0 Å². The molecule has 0 fully saturated rings. The molecule has 0 spiro atoms. The molecule has 0 aliphatic heterocycles. The van der Waals surface area contributed by atoms with Crippen LogP contribution in [0.25, 0.3) is 55.3 Å². The third kappa shape index (κ3) is 3.85. The zero-order valence-corrected chi connectivity index (χ0v) is 28.8. The van der Waals surface area contributed by atoms with Crippen molar-refractivity contribution in [3.05, 3.63) is 174 Å². The van der Waals surface area contributed by atoms with Crippen molar-refractivity contribution in [2.75, 3.05) is 4.90 Å². The molecule has 0 saturated carbocycles. The topological polar surface area (TPSA) is 16.4 Å². The van der Waals surface area contributed by atoms with Gasteiger partial charge in [0.15, 0.2) is 0 Å². The second-order valence-electron chi connectivity index (χ2n) is 14.9. The lowest BCUT2D eigenvalue weighted by molar-refractivity contribution is 0.659. The van der Waals surface area contributed by atoms with E-state index in [1.54, 1.807) is 0 Å². The highest BCUT2D eigenvalue weighted by Crippen LogP contribution is 2.59. The molecular weight excluding hydrogens is 607 g/mol. The van der Waals surface area contributed by atoms with Crippen LogP contribution < -0.4 is 4.90 Å². The molecule has 2 aliphatic rings. The summed E-state index contributed by atoms with van der Waals surface area (Å²) in [6, 6.07) is 55.4. The Kier molecular flexibility index (Phi) is 6.01. The average molecular weight is 644 g/mol. The largest absolute Gasteiger partial charge is 0.455 e. The minimum atomic E-state index is -0.211. The first-order valence-electron chi connectivity index (χ1n) is 17.6. The number of nitrogens with zero attached hydrogens (tertiary/aromatic N) is 1. The van der Waals surface area contributed by atoms with E-state index in [1.165, 1.54) is 55.9 Å². The Morgan fingerprint density at radius 3 is 1.88 bits per heavy atom. The predicted molar refractivity (Wildman–Crippen MR) is 209 cm³/mol. The average Bonchev–Trinajstić information content (AvgIpc) is 3.73. The van der Waals surface area contributed by atoms with E-state index >= 15 is 0 Å². The summed E-state index contributed by atoms with van der Waals surface area (Å²) >= 11 is 0. The van der Waals surface area contributed by atoms with Gasteiger partial charge in [-0.3, -0.25) is 0 Å². The van der Waals surface area contributed by atoms with Gasteiger partial charge in [0.25, 0.3) is 0 Å². The van der Waals surface area contributed by atoms with Gasteiger partial charge in [0.2, 0.25) is 0 Å². The lowest BCUT2D eigenvalue weighted by Gasteiger charge is -2.34. The molecule has 1 heterocycles. The fraction of sp³-hybridized carbons (Fsp3) is 0.125. The zero-order chi connectivity index (χ0) is 33.8. The van der Waals surface area contributed by atoms with Crippen molar-refractivity contribution in [2.45, 2.75) is 38.5 Å². The minimum Gasteiger partial charge on any atom is -0.455 e.